The molecule has 0 amide bonds. The number of carboxylic acid groups (broad SMARTS) is 1. The van der Waals surface area contributed by atoms with Crippen LogP contribution in [-0.2, 0) is 6.54 Å². The van der Waals surface area contributed by atoms with Crippen molar-refractivity contribution in [2.45, 2.75) is 19.4 Å². The van der Waals surface area contributed by atoms with Crippen LogP contribution in [0, 0.1) is 10.1 Å². The molecule has 0 saturated carbocycles. The van der Waals surface area contributed by atoms with Crippen LogP contribution in [0.15, 0.2) is 6.20 Å². The molecule has 1 aliphatic rings. The van der Waals surface area contributed by atoms with Gasteiger partial charge in [-0.25, -0.2) is 4.79 Å². The highest BCUT2D eigenvalue weighted by Gasteiger charge is 2.25. The van der Waals surface area contributed by atoms with Gasteiger partial charge in [0.05, 0.1) is 11.5 Å². The van der Waals surface area contributed by atoms with Crippen molar-refractivity contribution in [3.63, 3.8) is 0 Å². The number of nitrogens with zero attached hydrogens (tertiary/aromatic N) is 4. The monoisotopic (exact) mass is 254 g/mol. The zero-order valence-corrected chi connectivity index (χ0v) is 9.78. The molecule has 98 valence electrons. The van der Waals surface area contributed by atoms with E-state index < -0.39 is 22.3 Å². The van der Waals surface area contributed by atoms with Gasteiger partial charge in [-0.3, -0.25) is 14.8 Å². The summed E-state index contributed by atoms with van der Waals surface area (Å²) in [6.07, 6.45) is 3.51. The first-order chi connectivity index (χ1) is 8.58. The third-order valence-electron chi connectivity index (χ3n) is 2.99. The van der Waals surface area contributed by atoms with Gasteiger partial charge in [0.1, 0.15) is 6.20 Å². The van der Waals surface area contributed by atoms with E-state index in [0.717, 1.165) is 19.6 Å². The molecule has 1 aromatic heterocycles. The summed E-state index contributed by atoms with van der Waals surface area (Å²) >= 11 is 0. The van der Waals surface area contributed by atoms with Crippen LogP contribution in [-0.4, -0.2) is 50.3 Å². The van der Waals surface area contributed by atoms with Crippen LogP contribution in [0.2, 0.25) is 0 Å². The Labute approximate surface area is 103 Å². The fraction of sp³-hybridized carbons (Fsp3) is 0.600. The predicted molar refractivity (Wildman–Crippen MR) is 61.5 cm³/mol. The second-order valence-electron chi connectivity index (χ2n) is 4.24. The molecule has 0 unspecified atom stereocenters. The molecule has 8 nitrogen and oxygen atoms in total. The molecule has 8 heteroatoms. The van der Waals surface area contributed by atoms with Gasteiger partial charge in [-0.05, 0) is 25.9 Å². The number of aromatic nitrogens is 2. The van der Waals surface area contributed by atoms with Crippen LogP contribution in [0.5, 0.6) is 0 Å². The standard InChI is InChI=1S/C10H14N4O4/c15-10(16)9-8(14(17)18)7-13(11-9)6-5-12-3-1-2-4-12/h7H,1-6H2,(H,15,16). The largest absolute Gasteiger partial charge is 0.476 e. The molecule has 0 spiro atoms. The maximum absolute atomic E-state index is 10.8. The van der Waals surface area contributed by atoms with Gasteiger partial charge in [-0.1, -0.05) is 0 Å². The van der Waals surface area contributed by atoms with E-state index in [4.69, 9.17) is 5.11 Å². The number of carboxylic acids is 1. The molecule has 0 aromatic carbocycles. The fourth-order valence-corrected chi connectivity index (χ4v) is 2.06. The Kier molecular flexibility index (Phi) is 3.56. The van der Waals surface area contributed by atoms with E-state index in [9.17, 15) is 14.9 Å². The highest BCUT2D eigenvalue weighted by atomic mass is 16.6. The SMILES string of the molecule is O=C(O)c1nn(CCN2CCCC2)cc1[N+](=O)[O-]. The van der Waals surface area contributed by atoms with E-state index in [0.29, 0.717) is 6.54 Å². The zero-order chi connectivity index (χ0) is 13.1. The quantitative estimate of drug-likeness (QED) is 0.609. The summed E-state index contributed by atoms with van der Waals surface area (Å²) in [5.74, 6) is -1.37. The van der Waals surface area contributed by atoms with Crippen molar-refractivity contribution >= 4 is 11.7 Å². The molecule has 18 heavy (non-hydrogen) atoms. The van der Waals surface area contributed by atoms with Crippen molar-refractivity contribution in [3.8, 4) is 0 Å². The van der Waals surface area contributed by atoms with Gasteiger partial charge in [-0.2, -0.15) is 5.10 Å². The minimum atomic E-state index is -1.37. The summed E-state index contributed by atoms with van der Waals surface area (Å²) in [7, 11) is 0. The molecule has 0 radical (unpaired) electrons. The Hall–Kier alpha value is -1.96. The topological polar surface area (TPSA) is 102 Å². The predicted octanol–water partition coefficient (Wildman–Crippen LogP) is 0.585. The first kappa shape index (κ1) is 12.5. The highest BCUT2D eigenvalue weighted by Crippen LogP contribution is 2.16. The molecular formula is C10H14N4O4. The zero-order valence-electron chi connectivity index (χ0n) is 9.78. The van der Waals surface area contributed by atoms with Crippen molar-refractivity contribution in [1.29, 1.82) is 0 Å². The molecule has 0 aliphatic carbocycles. The van der Waals surface area contributed by atoms with Crippen LogP contribution in [0.3, 0.4) is 0 Å². The van der Waals surface area contributed by atoms with Gasteiger partial charge in [0.2, 0.25) is 5.69 Å². The Bertz CT molecular complexity index is 433. The lowest BCUT2D eigenvalue weighted by Gasteiger charge is -2.13. The Morgan fingerprint density at radius 3 is 2.61 bits per heavy atom. The van der Waals surface area contributed by atoms with E-state index in [2.05, 4.69) is 10.00 Å². The maximum Gasteiger partial charge on any atom is 0.363 e. The molecule has 1 aliphatic heterocycles. The smallest absolute Gasteiger partial charge is 0.363 e. The molecular weight excluding hydrogens is 240 g/mol. The number of hydrogen-bond donors (Lipinski definition) is 1. The fourth-order valence-electron chi connectivity index (χ4n) is 2.06. The van der Waals surface area contributed by atoms with E-state index in [1.54, 1.807) is 0 Å². The van der Waals surface area contributed by atoms with Crippen LogP contribution < -0.4 is 0 Å². The van der Waals surface area contributed by atoms with Gasteiger partial charge in [-0.15, -0.1) is 0 Å². The van der Waals surface area contributed by atoms with Crippen LogP contribution in [0.25, 0.3) is 0 Å². The summed E-state index contributed by atoms with van der Waals surface area (Å²) in [5, 5.41) is 23.2. The normalized spacial score (nSPS) is 16.0. The van der Waals surface area contributed by atoms with Crippen LogP contribution in [0.4, 0.5) is 5.69 Å². The lowest BCUT2D eigenvalue weighted by atomic mass is 10.4. The van der Waals surface area contributed by atoms with Gasteiger partial charge < -0.3 is 10.0 Å². The Morgan fingerprint density at radius 1 is 1.44 bits per heavy atom. The van der Waals surface area contributed by atoms with Gasteiger partial charge >= 0.3 is 11.7 Å². The molecule has 2 rings (SSSR count). The number of likely N-dealkylation sites (tertiary alicyclic amines) is 1. The first-order valence-electron chi connectivity index (χ1n) is 5.75. The molecule has 1 N–H and O–H groups in total. The first-order valence-corrected chi connectivity index (χ1v) is 5.75. The third kappa shape index (κ3) is 2.65. The van der Waals surface area contributed by atoms with Crippen molar-refractivity contribution in [2.75, 3.05) is 19.6 Å². The Morgan fingerprint density at radius 2 is 2.11 bits per heavy atom. The lowest BCUT2D eigenvalue weighted by molar-refractivity contribution is -0.385. The summed E-state index contributed by atoms with van der Waals surface area (Å²) in [6.45, 7) is 3.25. The number of aromatic carboxylic acids is 1. The van der Waals surface area contributed by atoms with Gasteiger partial charge in [0.25, 0.3) is 0 Å². The van der Waals surface area contributed by atoms with Crippen molar-refractivity contribution in [2.24, 2.45) is 0 Å². The lowest BCUT2D eigenvalue weighted by Crippen LogP contribution is -2.24. The molecule has 1 fully saturated rings. The number of hydrogen-bond acceptors (Lipinski definition) is 5. The molecule has 0 bridgehead atoms. The highest BCUT2D eigenvalue weighted by molar-refractivity contribution is 5.89. The minimum absolute atomic E-state index is 0.455. The van der Waals surface area contributed by atoms with Crippen molar-refractivity contribution in [1.82, 2.24) is 14.7 Å². The van der Waals surface area contributed by atoms with E-state index >= 15 is 0 Å². The number of nitro groups is 1. The summed E-state index contributed by atoms with van der Waals surface area (Å²) < 4.78 is 1.33. The van der Waals surface area contributed by atoms with E-state index in [1.807, 2.05) is 0 Å². The maximum atomic E-state index is 10.8. The molecule has 0 atom stereocenters. The van der Waals surface area contributed by atoms with Gasteiger partial charge in [0.15, 0.2) is 0 Å². The summed E-state index contributed by atoms with van der Waals surface area (Å²) in [4.78, 5) is 23.0. The molecule has 1 saturated heterocycles. The van der Waals surface area contributed by atoms with Crippen LogP contribution in [0.1, 0.15) is 23.3 Å². The van der Waals surface area contributed by atoms with E-state index in [-0.39, 0.29) is 0 Å². The van der Waals surface area contributed by atoms with Crippen molar-refractivity contribution < 1.29 is 14.8 Å². The van der Waals surface area contributed by atoms with E-state index in [1.165, 1.54) is 23.7 Å². The summed E-state index contributed by atoms with van der Waals surface area (Å²) in [5.41, 5.74) is -0.953. The average molecular weight is 254 g/mol. The average Bonchev–Trinajstić information content (AvgIpc) is 2.95. The summed E-state index contributed by atoms with van der Waals surface area (Å²) in [6, 6.07) is 0. The molecule has 2 heterocycles. The third-order valence-corrected chi connectivity index (χ3v) is 2.99. The minimum Gasteiger partial charge on any atom is -0.476 e. The molecule has 1 aromatic rings. The Balaban J connectivity index is 2.06. The van der Waals surface area contributed by atoms with Crippen LogP contribution >= 0.6 is 0 Å². The van der Waals surface area contributed by atoms with Crippen molar-refractivity contribution in [3.05, 3.63) is 22.0 Å². The van der Waals surface area contributed by atoms with Gasteiger partial charge in [0, 0.05) is 6.54 Å². The second-order valence-corrected chi connectivity index (χ2v) is 4.24. The number of carbonyl (C=O) groups is 1. The second kappa shape index (κ2) is 5.13. The number of rotatable bonds is 5.